The highest BCUT2D eigenvalue weighted by Gasteiger charge is 2.27. The fourth-order valence-corrected chi connectivity index (χ4v) is 3.07. The van der Waals surface area contributed by atoms with Gasteiger partial charge in [0.25, 0.3) is 0 Å². The van der Waals surface area contributed by atoms with E-state index in [0.29, 0.717) is 29.8 Å². The third-order valence-corrected chi connectivity index (χ3v) is 4.10. The summed E-state index contributed by atoms with van der Waals surface area (Å²) in [7, 11) is 0. The fraction of sp³-hybridized carbons (Fsp3) is 0.176. The third kappa shape index (κ3) is 2.03. The van der Waals surface area contributed by atoms with Crippen molar-refractivity contribution in [3.63, 3.8) is 0 Å². The summed E-state index contributed by atoms with van der Waals surface area (Å²) in [4.78, 5) is 28.3. The zero-order valence-corrected chi connectivity index (χ0v) is 12.2. The maximum Gasteiger partial charge on any atom is 0.341 e. The molecule has 4 rings (SSSR count). The number of ketones is 1. The Hall–Kier alpha value is -3.02. The molecule has 114 valence electrons. The quantitative estimate of drug-likeness (QED) is 0.786. The highest BCUT2D eigenvalue weighted by molar-refractivity contribution is 6.04. The Morgan fingerprint density at radius 1 is 1.17 bits per heavy atom. The van der Waals surface area contributed by atoms with Gasteiger partial charge in [-0.15, -0.1) is 0 Å². The van der Waals surface area contributed by atoms with Gasteiger partial charge in [-0.05, 0) is 12.8 Å². The van der Waals surface area contributed by atoms with Crippen molar-refractivity contribution >= 4 is 17.4 Å². The van der Waals surface area contributed by atoms with E-state index in [0.717, 1.165) is 12.0 Å². The monoisotopic (exact) mass is 307 g/mol. The van der Waals surface area contributed by atoms with E-state index < -0.39 is 5.97 Å². The van der Waals surface area contributed by atoms with Gasteiger partial charge in [0.05, 0.1) is 23.1 Å². The van der Waals surface area contributed by atoms with E-state index in [1.54, 1.807) is 0 Å². The molecule has 0 unspecified atom stereocenters. The van der Waals surface area contributed by atoms with Crippen LogP contribution in [0.3, 0.4) is 0 Å². The number of benzene rings is 1. The number of Topliss-reactive ketones (excluding diaryl/α,β-unsaturated/α-hetero) is 1. The second-order valence-corrected chi connectivity index (χ2v) is 5.52. The van der Waals surface area contributed by atoms with E-state index in [9.17, 15) is 14.7 Å². The number of carboxylic acid groups (broad SMARTS) is 1. The van der Waals surface area contributed by atoms with Gasteiger partial charge in [0.2, 0.25) is 0 Å². The lowest BCUT2D eigenvalue weighted by atomic mass is 9.91. The van der Waals surface area contributed by atoms with Crippen LogP contribution in [0.2, 0.25) is 0 Å². The second kappa shape index (κ2) is 5.01. The standard InChI is InChI=1S/C17H13N3O3/c21-13-8-4-7-12-14(13)15(10-5-2-1-3-6-10)20-16(19-12)11(9-18-20)17(22)23/h1-3,5-6,9H,4,7-8H2,(H,22,23). The molecule has 0 atom stereocenters. The number of nitrogens with zero attached hydrogens (tertiary/aromatic N) is 3. The molecule has 6 heteroatoms. The Morgan fingerprint density at radius 3 is 2.70 bits per heavy atom. The number of fused-ring (bicyclic) bond motifs is 2. The summed E-state index contributed by atoms with van der Waals surface area (Å²) < 4.78 is 1.47. The number of hydrogen-bond donors (Lipinski definition) is 1. The van der Waals surface area contributed by atoms with Gasteiger partial charge in [-0.2, -0.15) is 5.10 Å². The van der Waals surface area contributed by atoms with Gasteiger partial charge in [0, 0.05) is 12.0 Å². The molecule has 2 aromatic heterocycles. The van der Waals surface area contributed by atoms with Gasteiger partial charge in [0.1, 0.15) is 5.56 Å². The first-order valence-electron chi connectivity index (χ1n) is 7.39. The molecular weight excluding hydrogens is 294 g/mol. The maximum atomic E-state index is 12.5. The molecule has 0 bridgehead atoms. The average molecular weight is 307 g/mol. The van der Waals surface area contributed by atoms with Crippen molar-refractivity contribution in [2.45, 2.75) is 19.3 Å². The summed E-state index contributed by atoms with van der Waals surface area (Å²) in [6.07, 6.45) is 3.17. The molecule has 0 saturated carbocycles. The van der Waals surface area contributed by atoms with Crippen molar-refractivity contribution < 1.29 is 14.7 Å². The van der Waals surface area contributed by atoms with Crippen molar-refractivity contribution in [3.05, 3.63) is 53.3 Å². The lowest BCUT2D eigenvalue weighted by Gasteiger charge is -2.19. The number of carboxylic acids is 1. The van der Waals surface area contributed by atoms with Gasteiger partial charge in [-0.3, -0.25) is 4.79 Å². The summed E-state index contributed by atoms with van der Waals surface area (Å²) in [5.41, 5.74) is 3.01. The first-order valence-corrected chi connectivity index (χ1v) is 7.39. The molecule has 2 heterocycles. The largest absolute Gasteiger partial charge is 0.477 e. The summed E-state index contributed by atoms with van der Waals surface area (Å²) in [6.45, 7) is 0. The molecule has 0 aliphatic heterocycles. The number of rotatable bonds is 2. The van der Waals surface area contributed by atoms with Gasteiger partial charge >= 0.3 is 5.97 Å². The minimum absolute atomic E-state index is 0.0341. The van der Waals surface area contributed by atoms with Gasteiger partial charge in [0.15, 0.2) is 11.4 Å². The van der Waals surface area contributed by atoms with Crippen LogP contribution < -0.4 is 0 Å². The van der Waals surface area contributed by atoms with Crippen molar-refractivity contribution in [2.24, 2.45) is 0 Å². The predicted molar refractivity (Wildman–Crippen MR) is 82.7 cm³/mol. The molecule has 3 aromatic rings. The molecule has 0 radical (unpaired) electrons. The maximum absolute atomic E-state index is 12.5. The van der Waals surface area contributed by atoms with E-state index in [-0.39, 0.29) is 17.0 Å². The molecule has 0 fully saturated rings. The lowest BCUT2D eigenvalue weighted by Crippen LogP contribution is -2.18. The van der Waals surface area contributed by atoms with E-state index in [1.807, 2.05) is 30.3 Å². The Kier molecular flexibility index (Phi) is 2.97. The molecule has 0 spiro atoms. The van der Waals surface area contributed by atoms with Crippen molar-refractivity contribution in [2.75, 3.05) is 0 Å². The molecule has 1 aliphatic rings. The van der Waals surface area contributed by atoms with Crippen LogP contribution in [0, 0.1) is 0 Å². The van der Waals surface area contributed by atoms with Gasteiger partial charge in [-0.1, -0.05) is 30.3 Å². The van der Waals surface area contributed by atoms with Crippen molar-refractivity contribution in [3.8, 4) is 11.3 Å². The second-order valence-electron chi connectivity index (χ2n) is 5.52. The molecule has 23 heavy (non-hydrogen) atoms. The average Bonchev–Trinajstić information content (AvgIpc) is 2.97. The molecule has 6 nitrogen and oxygen atoms in total. The molecule has 0 saturated heterocycles. The number of carbonyl (C=O) groups excluding carboxylic acids is 1. The van der Waals surface area contributed by atoms with Crippen molar-refractivity contribution in [1.82, 2.24) is 14.6 Å². The molecule has 1 N–H and O–H groups in total. The topological polar surface area (TPSA) is 84.6 Å². The number of carbonyl (C=O) groups is 2. The lowest BCUT2D eigenvalue weighted by molar-refractivity contribution is 0.0698. The highest BCUT2D eigenvalue weighted by Crippen LogP contribution is 2.32. The Balaban J connectivity index is 2.14. The molecule has 1 aromatic carbocycles. The van der Waals surface area contributed by atoms with Crippen LogP contribution in [0.15, 0.2) is 36.5 Å². The normalized spacial score (nSPS) is 14.0. The van der Waals surface area contributed by atoms with Crippen molar-refractivity contribution in [1.29, 1.82) is 0 Å². The van der Waals surface area contributed by atoms with E-state index >= 15 is 0 Å². The third-order valence-electron chi connectivity index (χ3n) is 4.10. The van der Waals surface area contributed by atoms with E-state index in [1.165, 1.54) is 10.7 Å². The Bertz CT molecular complexity index is 945. The van der Waals surface area contributed by atoms with Gasteiger partial charge < -0.3 is 5.11 Å². The number of aromatic nitrogens is 3. The van der Waals surface area contributed by atoms with Gasteiger partial charge in [-0.25, -0.2) is 14.3 Å². The van der Waals surface area contributed by atoms with Crippen LogP contribution in [-0.4, -0.2) is 31.5 Å². The summed E-state index contributed by atoms with van der Waals surface area (Å²) in [5.74, 6) is -1.04. The fourth-order valence-electron chi connectivity index (χ4n) is 3.07. The van der Waals surface area contributed by atoms with E-state index in [4.69, 9.17) is 0 Å². The first-order chi connectivity index (χ1) is 11.2. The van der Waals surface area contributed by atoms with Crippen LogP contribution in [0.4, 0.5) is 0 Å². The summed E-state index contributed by atoms with van der Waals surface area (Å²) >= 11 is 0. The smallest absolute Gasteiger partial charge is 0.341 e. The van der Waals surface area contributed by atoms with E-state index in [2.05, 4.69) is 10.1 Å². The van der Waals surface area contributed by atoms with Crippen LogP contribution >= 0.6 is 0 Å². The minimum Gasteiger partial charge on any atom is -0.477 e. The van der Waals surface area contributed by atoms with Crippen LogP contribution in [0.25, 0.3) is 16.9 Å². The zero-order chi connectivity index (χ0) is 16.0. The molecular formula is C17H13N3O3. The van der Waals surface area contributed by atoms with Crippen LogP contribution in [0.5, 0.6) is 0 Å². The summed E-state index contributed by atoms with van der Waals surface area (Å²) in [6, 6.07) is 9.42. The number of hydrogen-bond acceptors (Lipinski definition) is 4. The predicted octanol–water partition coefficient (Wildman–Crippen LogP) is 2.61. The Morgan fingerprint density at radius 2 is 1.96 bits per heavy atom. The van der Waals surface area contributed by atoms with Crippen LogP contribution in [-0.2, 0) is 6.42 Å². The number of aryl methyl sites for hydroxylation is 1. The highest BCUT2D eigenvalue weighted by atomic mass is 16.4. The minimum atomic E-state index is -1.08. The molecule has 1 aliphatic carbocycles. The summed E-state index contributed by atoms with van der Waals surface area (Å²) in [5, 5.41) is 13.5. The molecule has 0 amide bonds. The van der Waals surface area contributed by atoms with Crippen LogP contribution in [0.1, 0.15) is 39.3 Å². The number of aromatic carboxylic acids is 1. The zero-order valence-electron chi connectivity index (χ0n) is 12.2. The first kappa shape index (κ1) is 13.6. The SMILES string of the molecule is O=C1CCCc2nc3c(C(=O)O)cnn3c(-c3ccccc3)c21. The Labute approximate surface area is 131 Å².